The molecular formula is C6H13Cl2O4P. The van der Waals surface area contributed by atoms with E-state index < -0.39 is 13.9 Å². The molecule has 0 bridgehead atoms. The van der Waals surface area contributed by atoms with Gasteiger partial charge in [0, 0.05) is 5.88 Å². The fourth-order valence-electron chi connectivity index (χ4n) is 0.483. The van der Waals surface area contributed by atoms with Gasteiger partial charge < -0.3 is 4.89 Å². The second kappa shape index (κ2) is 6.23. The molecule has 3 atom stereocenters. The zero-order valence-corrected chi connectivity index (χ0v) is 9.85. The fourth-order valence-corrected chi connectivity index (χ4v) is 1.79. The predicted octanol–water partition coefficient (Wildman–Crippen LogP) is 2.37. The quantitative estimate of drug-likeness (QED) is 0.581. The SMILES string of the molecule is CC(Cl)COP(=O)(O)OC(C)CCl. The summed E-state index contributed by atoms with van der Waals surface area (Å²) in [5, 5.41) is -0.338. The van der Waals surface area contributed by atoms with Crippen LogP contribution in [0.15, 0.2) is 0 Å². The normalized spacial score (nSPS) is 20.7. The van der Waals surface area contributed by atoms with Crippen molar-refractivity contribution in [1.82, 2.24) is 0 Å². The minimum atomic E-state index is -3.99. The van der Waals surface area contributed by atoms with Crippen molar-refractivity contribution in [2.45, 2.75) is 25.3 Å². The van der Waals surface area contributed by atoms with Gasteiger partial charge in [-0.1, -0.05) is 0 Å². The smallest absolute Gasteiger partial charge is 0.302 e. The highest BCUT2D eigenvalue weighted by molar-refractivity contribution is 7.47. The Labute approximate surface area is 87.7 Å². The lowest BCUT2D eigenvalue weighted by Crippen LogP contribution is -2.11. The highest BCUT2D eigenvalue weighted by atomic mass is 35.5. The van der Waals surface area contributed by atoms with Crippen molar-refractivity contribution < 1.29 is 18.5 Å². The summed E-state index contributed by atoms with van der Waals surface area (Å²) in [7, 11) is -3.99. The Balaban J connectivity index is 3.87. The molecule has 80 valence electrons. The second-order valence-electron chi connectivity index (χ2n) is 2.62. The van der Waals surface area contributed by atoms with Gasteiger partial charge in [0.15, 0.2) is 0 Å². The Morgan fingerprint density at radius 1 is 1.54 bits per heavy atom. The number of halogens is 2. The van der Waals surface area contributed by atoms with Crippen molar-refractivity contribution in [3.8, 4) is 0 Å². The maximum absolute atomic E-state index is 11.1. The van der Waals surface area contributed by atoms with Gasteiger partial charge in [0.1, 0.15) is 0 Å². The molecule has 0 saturated heterocycles. The van der Waals surface area contributed by atoms with E-state index in [-0.39, 0.29) is 17.9 Å². The first-order valence-electron chi connectivity index (χ1n) is 3.73. The van der Waals surface area contributed by atoms with Gasteiger partial charge in [-0.2, -0.15) is 0 Å². The standard InChI is InChI=1S/C6H13Cl2O4P/c1-5(8)4-11-13(9,10)12-6(2)3-7/h5-6H,3-4H2,1-2H3,(H,9,10). The number of phosphoric acid groups is 1. The Kier molecular flexibility index (Phi) is 6.56. The molecule has 4 nitrogen and oxygen atoms in total. The number of hydrogen-bond acceptors (Lipinski definition) is 3. The van der Waals surface area contributed by atoms with Gasteiger partial charge in [-0.05, 0) is 13.8 Å². The molecule has 0 fully saturated rings. The molecule has 0 rings (SSSR count). The molecule has 0 amide bonds. The zero-order valence-electron chi connectivity index (χ0n) is 7.44. The Morgan fingerprint density at radius 3 is 2.46 bits per heavy atom. The van der Waals surface area contributed by atoms with E-state index in [0.29, 0.717) is 0 Å². The van der Waals surface area contributed by atoms with E-state index in [1.54, 1.807) is 13.8 Å². The first kappa shape index (κ1) is 13.7. The van der Waals surface area contributed by atoms with Crippen LogP contribution in [-0.4, -0.2) is 28.9 Å². The van der Waals surface area contributed by atoms with Crippen molar-refractivity contribution in [2.75, 3.05) is 12.5 Å². The highest BCUT2D eigenvalue weighted by Gasteiger charge is 2.24. The molecule has 1 N–H and O–H groups in total. The molecule has 0 heterocycles. The van der Waals surface area contributed by atoms with E-state index in [1.807, 2.05) is 0 Å². The summed E-state index contributed by atoms with van der Waals surface area (Å²) < 4.78 is 20.3. The van der Waals surface area contributed by atoms with Crippen LogP contribution >= 0.6 is 31.0 Å². The third kappa shape index (κ3) is 7.74. The third-order valence-corrected chi connectivity index (χ3v) is 2.66. The van der Waals surface area contributed by atoms with E-state index in [1.165, 1.54) is 0 Å². The summed E-state index contributed by atoms with van der Waals surface area (Å²) in [6, 6.07) is 0. The van der Waals surface area contributed by atoms with E-state index in [0.717, 1.165) is 0 Å². The molecule has 0 aliphatic rings. The van der Waals surface area contributed by atoms with E-state index in [2.05, 4.69) is 9.05 Å². The van der Waals surface area contributed by atoms with Crippen LogP contribution in [-0.2, 0) is 13.6 Å². The lowest BCUT2D eigenvalue weighted by Gasteiger charge is -2.15. The van der Waals surface area contributed by atoms with Crippen molar-refractivity contribution >= 4 is 31.0 Å². The molecule has 0 aliphatic heterocycles. The topological polar surface area (TPSA) is 55.8 Å². The summed E-state index contributed by atoms with van der Waals surface area (Å²) in [6.45, 7) is 3.18. The van der Waals surface area contributed by atoms with Crippen LogP contribution < -0.4 is 0 Å². The largest absolute Gasteiger partial charge is 0.472 e. The molecule has 0 aromatic rings. The number of phosphoric ester groups is 1. The third-order valence-electron chi connectivity index (χ3n) is 0.998. The van der Waals surface area contributed by atoms with Gasteiger partial charge in [0.05, 0.1) is 18.1 Å². The highest BCUT2D eigenvalue weighted by Crippen LogP contribution is 2.44. The summed E-state index contributed by atoms with van der Waals surface area (Å²) in [6.07, 6.45) is -0.525. The van der Waals surface area contributed by atoms with Crippen molar-refractivity contribution in [3.63, 3.8) is 0 Å². The molecule has 0 saturated carbocycles. The average molecular weight is 251 g/mol. The lowest BCUT2D eigenvalue weighted by molar-refractivity contribution is 0.123. The molecular weight excluding hydrogens is 238 g/mol. The summed E-state index contributed by atoms with van der Waals surface area (Å²) in [4.78, 5) is 9.06. The number of hydrogen-bond donors (Lipinski definition) is 1. The predicted molar refractivity (Wildman–Crippen MR) is 52.4 cm³/mol. The van der Waals surface area contributed by atoms with E-state index in [4.69, 9.17) is 28.1 Å². The first-order chi connectivity index (χ1) is 5.87. The monoisotopic (exact) mass is 250 g/mol. The molecule has 0 aromatic carbocycles. The van der Waals surface area contributed by atoms with Gasteiger partial charge in [-0.25, -0.2) is 4.57 Å². The maximum atomic E-state index is 11.1. The number of rotatable bonds is 6. The molecule has 0 aromatic heterocycles. The molecule has 0 spiro atoms. The van der Waals surface area contributed by atoms with Gasteiger partial charge in [-0.15, -0.1) is 23.2 Å². The minimum absolute atomic E-state index is 0.0374. The van der Waals surface area contributed by atoms with Crippen molar-refractivity contribution in [1.29, 1.82) is 0 Å². The first-order valence-corrected chi connectivity index (χ1v) is 6.20. The molecule has 0 radical (unpaired) electrons. The second-order valence-corrected chi connectivity index (χ2v) is 5.08. The van der Waals surface area contributed by atoms with E-state index in [9.17, 15) is 4.57 Å². The summed E-state index contributed by atoms with van der Waals surface area (Å²) in [5.74, 6) is 0.129. The van der Waals surface area contributed by atoms with Crippen LogP contribution in [0.4, 0.5) is 0 Å². The maximum Gasteiger partial charge on any atom is 0.472 e. The van der Waals surface area contributed by atoms with Crippen molar-refractivity contribution in [3.05, 3.63) is 0 Å². The van der Waals surface area contributed by atoms with Gasteiger partial charge >= 0.3 is 7.82 Å². The fraction of sp³-hybridized carbons (Fsp3) is 1.00. The van der Waals surface area contributed by atoms with Crippen LogP contribution in [0.1, 0.15) is 13.8 Å². The van der Waals surface area contributed by atoms with Crippen LogP contribution in [0.25, 0.3) is 0 Å². The van der Waals surface area contributed by atoms with Crippen LogP contribution in [0.3, 0.4) is 0 Å². The molecule has 3 unspecified atom stereocenters. The van der Waals surface area contributed by atoms with E-state index >= 15 is 0 Å². The Bertz CT molecular complexity index is 187. The number of alkyl halides is 2. The van der Waals surface area contributed by atoms with Gasteiger partial charge in [-0.3, -0.25) is 9.05 Å². The Hall–Kier alpha value is 0.690. The Morgan fingerprint density at radius 2 is 2.08 bits per heavy atom. The van der Waals surface area contributed by atoms with Gasteiger partial charge in [0.2, 0.25) is 0 Å². The lowest BCUT2D eigenvalue weighted by atomic mass is 10.5. The van der Waals surface area contributed by atoms with Crippen LogP contribution in [0.5, 0.6) is 0 Å². The minimum Gasteiger partial charge on any atom is -0.302 e. The summed E-state index contributed by atoms with van der Waals surface area (Å²) in [5.41, 5.74) is 0. The van der Waals surface area contributed by atoms with Crippen LogP contribution in [0.2, 0.25) is 0 Å². The molecule has 7 heteroatoms. The molecule has 13 heavy (non-hydrogen) atoms. The van der Waals surface area contributed by atoms with Gasteiger partial charge in [0.25, 0.3) is 0 Å². The van der Waals surface area contributed by atoms with Crippen LogP contribution in [0, 0.1) is 0 Å². The summed E-state index contributed by atoms with van der Waals surface area (Å²) >= 11 is 10.9. The van der Waals surface area contributed by atoms with Crippen molar-refractivity contribution in [2.24, 2.45) is 0 Å². The zero-order chi connectivity index (χ0) is 10.5. The average Bonchev–Trinajstić information content (AvgIpc) is 2.00. The molecule has 0 aliphatic carbocycles.